The van der Waals surface area contributed by atoms with E-state index in [-0.39, 0.29) is 29.4 Å². The maximum absolute atomic E-state index is 12.3. The summed E-state index contributed by atoms with van der Waals surface area (Å²) in [5.74, 6) is 0.562. The average molecular weight is 558 g/mol. The first-order chi connectivity index (χ1) is 21.1. The number of carbonyl (C=O) groups is 1. The second-order valence-electron chi connectivity index (χ2n) is 9.35. The number of anilines is 4. The van der Waals surface area contributed by atoms with Crippen molar-refractivity contribution in [3.05, 3.63) is 79.1 Å². The van der Waals surface area contributed by atoms with Crippen LogP contribution in [0.5, 0.6) is 5.75 Å². The molecule has 5 rings (SSSR count). The van der Waals surface area contributed by atoms with E-state index in [9.17, 15) is 4.79 Å². The van der Waals surface area contributed by atoms with E-state index in [4.69, 9.17) is 13.6 Å². The quantitative estimate of drug-likeness (QED) is 0.279. The van der Waals surface area contributed by atoms with Crippen molar-refractivity contribution in [2.24, 2.45) is 0 Å². The molecule has 1 fully saturated rings. The van der Waals surface area contributed by atoms with Gasteiger partial charge in [-0.25, -0.2) is 9.67 Å². The van der Waals surface area contributed by atoms with Gasteiger partial charge in [0.25, 0.3) is 0 Å². The van der Waals surface area contributed by atoms with Gasteiger partial charge in [-0.1, -0.05) is 36.9 Å². The highest BCUT2D eigenvalue weighted by atomic mass is 16.5. The molecular weight excluding hydrogens is 520 g/mol. The number of nitrogens with one attached hydrogen (secondary N) is 2. The topological polar surface area (TPSA) is 110 Å². The summed E-state index contributed by atoms with van der Waals surface area (Å²) in [6.45, 7) is 4.00. The summed E-state index contributed by atoms with van der Waals surface area (Å²) in [6, 6.07) is 14.3. The highest BCUT2D eigenvalue weighted by Gasteiger charge is 2.20. The number of amides is 1. The van der Waals surface area contributed by atoms with E-state index < -0.39 is 6.50 Å². The van der Waals surface area contributed by atoms with Gasteiger partial charge >= 0.3 is 0 Å². The fraction of sp³-hybridized carbons (Fsp3) is 0.267. The first-order valence-corrected chi connectivity index (χ1v) is 13.1. The summed E-state index contributed by atoms with van der Waals surface area (Å²) in [7, 11) is 4.77. The van der Waals surface area contributed by atoms with Gasteiger partial charge in [-0.15, -0.1) is 0 Å². The van der Waals surface area contributed by atoms with Gasteiger partial charge in [0.05, 0.1) is 44.5 Å². The Morgan fingerprint density at radius 1 is 1.22 bits per heavy atom. The lowest BCUT2D eigenvalue weighted by molar-refractivity contribution is -0.111. The molecule has 0 unspecified atom stereocenters. The predicted octanol–water partition coefficient (Wildman–Crippen LogP) is 4.10. The second kappa shape index (κ2) is 12.6. The molecule has 1 amide bonds. The fourth-order valence-electron chi connectivity index (χ4n) is 4.38. The van der Waals surface area contributed by atoms with Gasteiger partial charge in [0.15, 0.2) is 5.82 Å². The largest absolute Gasteiger partial charge is 0.494 e. The lowest BCUT2D eigenvalue weighted by Crippen LogP contribution is -2.36. The molecule has 1 aliphatic heterocycles. The third-order valence-corrected chi connectivity index (χ3v) is 6.25. The van der Waals surface area contributed by atoms with E-state index in [0.717, 1.165) is 5.69 Å². The van der Waals surface area contributed by atoms with Gasteiger partial charge in [-0.05, 0) is 26.2 Å². The van der Waals surface area contributed by atoms with Crippen LogP contribution in [0.4, 0.5) is 23.0 Å². The summed E-state index contributed by atoms with van der Waals surface area (Å²) in [5.41, 5.74) is 2.93. The molecule has 11 heteroatoms. The maximum Gasteiger partial charge on any atom is 0.247 e. The molecule has 0 atom stereocenters. The number of morpholine rings is 1. The summed E-state index contributed by atoms with van der Waals surface area (Å²) in [4.78, 5) is 24.8. The molecule has 1 aliphatic rings. The lowest BCUT2D eigenvalue weighted by atomic mass is 10.1. The van der Waals surface area contributed by atoms with Gasteiger partial charge in [-0.3, -0.25) is 4.79 Å². The Bertz CT molecular complexity index is 1660. The molecule has 0 aliphatic carbocycles. The third-order valence-electron chi connectivity index (χ3n) is 6.25. The average Bonchev–Trinajstić information content (AvgIpc) is 3.39. The molecule has 41 heavy (non-hydrogen) atoms. The monoisotopic (exact) mass is 557 g/mol. The molecular formula is C30H34N8O3. The molecule has 4 aromatic rings. The van der Waals surface area contributed by atoms with Gasteiger partial charge in [0.2, 0.25) is 11.9 Å². The summed E-state index contributed by atoms with van der Waals surface area (Å²) in [5, 5.41) is 10.7. The smallest absolute Gasteiger partial charge is 0.247 e. The molecule has 0 saturated carbocycles. The van der Waals surface area contributed by atoms with Gasteiger partial charge < -0.3 is 29.9 Å². The van der Waals surface area contributed by atoms with Crippen molar-refractivity contribution in [3.63, 3.8) is 0 Å². The van der Waals surface area contributed by atoms with E-state index in [1.54, 1.807) is 33.3 Å². The Hall–Kier alpha value is -4.74. The SMILES string of the molecule is [2H]c1c(C([2H])([2H])N(C)C)c(-c2ccccc2)nn1-c1ccnc(Nc2cc(NC(=O)C=C)c(N3CCOCC3)cc2OC)n1. The molecule has 11 nitrogen and oxygen atoms in total. The maximum atomic E-state index is 12.3. The zero-order valence-corrected chi connectivity index (χ0v) is 23.2. The number of ether oxygens (including phenoxy) is 2. The lowest BCUT2D eigenvalue weighted by Gasteiger charge is -2.31. The first-order valence-electron chi connectivity index (χ1n) is 14.6. The fourth-order valence-corrected chi connectivity index (χ4v) is 4.38. The van der Waals surface area contributed by atoms with Crippen LogP contribution >= 0.6 is 0 Å². The molecule has 0 bridgehead atoms. The molecule has 0 spiro atoms. The molecule has 2 N–H and O–H groups in total. The van der Waals surface area contributed by atoms with E-state index in [1.807, 2.05) is 36.4 Å². The first kappa shape index (κ1) is 24.1. The van der Waals surface area contributed by atoms with Crippen molar-refractivity contribution in [3.8, 4) is 22.8 Å². The number of methoxy groups -OCH3 is 1. The molecule has 2 aromatic heterocycles. The highest BCUT2D eigenvalue weighted by Crippen LogP contribution is 2.38. The van der Waals surface area contributed by atoms with E-state index in [2.05, 4.69) is 37.2 Å². The molecule has 1 saturated heterocycles. The highest BCUT2D eigenvalue weighted by molar-refractivity contribution is 6.02. The Morgan fingerprint density at radius 3 is 2.71 bits per heavy atom. The predicted molar refractivity (Wildman–Crippen MR) is 160 cm³/mol. The Labute approximate surface area is 243 Å². The van der Waals surface area contributed by atoms with E-state index in [0.29, 0.717) is 54.7 Å². The minimum atomic E-state index is -1.99. The molecule has 0 radical (unpaired) electrons. The standard InChI is InChI=1S/C30H34N8O3/c1-5-28(39)32-23-17-24(26(40-4)18-25(23)37-13-15-41-16-14-37)33-30-31-12-11-27(34-30)38-20-22(19-36(2)3)29(35-38)21-9-7-6-8-10-21/h5-12,17-18,20H,1,13-16,19H2,2-4H3,(H,32,39)(H,31,33,34)/i19D2,20D. The van der Waals surface area contributed by atoms with Crippen molar-refractivity contribution >= 4 is 28.9 Å². The van der Waals surface area contributed by atoms with Crippen LogP contribution in [0, 0.1) is 0 Å². The van der Waals surface area contributed by atoms with Crippen LogP contribution in [0.3, 0.4) is 0 Å². The van der Waals surface area contributed by atoms with Gasteiger partial charge in [0.1, 0.15) is 5.75 Å². The Morgan fingerprint density at radius 2 is 2.00 bits per heavy atom. The van der Waals surface area contributed by atoms with Gasteiger partial charge in [0, 0.05) is 58.0 Å². The summed E-state index contributed by atoms with van der Waals surface area (Å²) < 4.78 is 38.9. The minimum Gasteiger partial charge on any atom is -0.494 e. The number of hydrogen-bond acceptors (Lipinski definition) is 9. The van der Waals surface area contributed by atoms with E-state index in [1.165, 1.54) is 21.9 Å². The number of benzene rings is 2. The van der Waals surface area contributed by atoms with Crippen molar-refractivity contribution in [1.82, 2.24) is 24.6 Å². The van der Waals surface area contributed by atoms with Crippen LogP contribution in [0.15, 0.2) is 73.6 Å². The second-order valence-corrected chi connectivity index (χ2v) is 9.35. The number of carbonyl (C=O) groups excluding carboxylic acids is 1. The number of hydrogen-bond donors (Lipinski definition) is 2. The number of aromatic nitrogens is 4. The molecule has 212 valence electrons. The van der Waals surface area contributed by atoms with Crippen LogP contribution in [0.2, 0.25) is 0 Å². The van der Waals surface area contributed by atoms with Crippen LogP contribution in [0.1, 0.15) is 9.68 Å². The third kappa shape index (κ3) is 6.53. The molecule has 2 aromatic carbocycles. The van der Waals surface area contributed by atoms with Crippen molar-refractivity contribution in [2.45, 2.75) is 6.50 Å². The van der Waals surface area contributed by atoms with Crippen molar-refractivity contribution in [2.75, 3.05) is 63.0 Å². The van der Waals surface area contributed by atoms with Crippen LogP contribution in [-0.2, 0) is 16.0 Å². The summed E-state index contributed by atoms with van der Waals surface area (Å²) >= 11 is 0. The number of nitrogens with zero attached hydrogens (tertiary/aromatic N) is 6. The number of rotatable bonds is 10. The van der Waals surface area contributed by atoms with Crippen LogP contribution in [-0.4, -0.2) is 78.1 Å². The van der Waals surface area contributed by atoms with Gasteiger partial charge in [-0.2, -0.15) is 10.1 Å². The summed E-state index contributed by atoms with van der Waals surface area (Å²) in [6.07, 6.45) is 2.57. The van der Waals surface area contributed by atoms with E-state index >= 15 is 0 Å². The Kier molecular flexibility index (Phi) is 7.42. The molecule has 3 heterocycles. The minimum absolute atomic E-state index is 0.116. The van der Waals surface area contributed by atoms with Crippen molar-refractivity contribution in [1.29, 1.82) is 0 Å². The van der Waals surface area contributed by atoms with Crippen molar-refractivity contribution < 1.29 is 18.4 Å². The zero-order chi connectivity index (χ0) is 31.4. The Balaban J connectivity index is 1.55. The van der Waals surface area contributed by atoms with Crippen LogP contribution < -0.4 is 20.3 Å². The normalized spacial score (nSPS) is 14.6. The zero-order valence-electron chi connectivity index (χ0n) is 26.2. The van der Waals surface area contributed by atoms with Crippen LogP contribution in [0.25, 0.3) is 17.1 Å².